The van der Waals surface area contributed by atoms with Gasteiger partial charge in [-0.3, -0.25) is 5.32 Å². The van der Waals surface area contributed by atoms with Gasteiger partial charge in [0.2, 0.25) is 0 Å². The van der Waals surface area contributed by atoms with E-state index in [0.717, 1.165) is 16.8 Å². The Morgan fingerprint density at radius 2 is 1.83 bits per heavy atom. The molecule has 1 atom stereocenters. The fourth-order valence-electron chi connectivity index (χ4n) is 2.53. The summed E-state index contributed by atoms with van der Waals surface area (Å²) in [7, 11) is 4.01. The number of para-hydroxylation sites is 1. The Hall–Kier alpha value is -2.04. The summed E-state index contributed by atoms with van der Waals surface area (Å²) in [6.45, 7) is 2.28. The standard InChI is InChI=1S/C19H23ClN2O2/c1-14-6-4-5-7-17(14)21-19(23)24-13-12-18(22(2)3)15-8-10-16(20)11-9-15/h4-11,18H,12-13H2,1-3H3,(H,21,23). The Bertz CT molecular complexity index is 671. The van der Waals surface area contributed by atoms with E-state index in [-0.39, 0.29) is 6.04 Å². The highest BCUT2D eigenvalue weighted by atomic mass is 35.5. The van der Waals surface area contributed by atoms with E-state index in [1.54, 1.807) is 0 Å². The average Bonchev–Trinajstić information content (AvgIpc) is 2.54. The zero-order chi connectivity index (χ0) is 17.5. The molecule has 0 heterocycles. The fourth-order valence-corrected chi connectivity index (χ4v) is 2.66. The van der Waals surface area contributed by atoms with Crippen molar-refractivity contribution in [2.24, 2.45) is 0 Å². The van der Waals surface area contributed by atoms with Crippen molar-refractivity contribution in [3.63, 3.8) is 0 Å². The van der Waals surface area contributed by atoms with Gasteiger partial charge in [0.15, 0.2) is 0 Å². The second kappa shape index (κ2) is 8.71. The maximum absolute atomic E-state index is 11.9. The van der Waals surface area contributed by atoms with Crippen molar-refractivity contribution in [3.05, 3.63) is 64.7 Å². The lowest BCUT2D eigenvalue weighted by atomic mass is 10.0. The van der Waals surface area contributed by atoms with Gasteiger partial charge in [0.1, 0.15) is 0 Å². The molecule has 0 aliphatic heterocycles. The number of benzene rings is 2. The van der Waals surface area contributed by atoms with Crippen LogP contribution < -0.4 is 5.32 Å². The van der Waals surface area contributed by atoms with Crippen LogP contribution in [0.5, 0.6) is 0 Å². The molecule has 1 amide bonds. The first-order valence-electron chi connectivity index (χ1n) is 7.88. The minimum Gasteiger partial charge on any atom is -0.449 e. The van der Waals surface area contributed by atoms with E-state index in [2.05, 4.69) is 10.2 Å². The van der Waals surface area contributed by atoms with E-state index in [4.69, 9.17) is 16.3 Å². The quantitative estimate of drug-likeness (QED) is 0.809. The Kier molecular flexibility index (Phi) is 6.64. The molecule has 0 bridgehead atoms. The topological polar surface area (TPSA) is 41.6 Å². The van der Waals surface area contributed by atoms with Gasteiger partial charge in [0.05, 0.1) is 6.61 Å². The molecular weight excluding hydrogens is 324 g/mol. The lowest BCUT2D eigenvalue weighted by Gasteiger charge is -2.24. The van der Waals surface area contributed by atoms with Crippen molar-refractivity contribution in [2.45, 2.75) is 19.4 Å². The summed E-state index contributed by atoms with van der Waals surface area (Å²) in [5, 5.41) is 3.48. The van der Waals surface area contributed by atoms with Crippen LogP contribution in [0.4, 0.5) is 10.5 Å². The van der Waals surface area contributed by atoms with Crippen LogP contribution in [-0.4, -0.2) is 31.7 Å². The van der Waals surface area contributed by atoms with Gasteiger partial charge in [0.25, 0.3) is 0 Å². The van der Waals surface area contributed by atoms with Crippen LogP contribution in [0.25, 0.3) is 0 Å². The molecule has 2 rings (SSSR count). The summed E-state index contributed by atoms with van der Waals surface area (Å²) in [6, 6.07) is 15.5. The molecule has 0 radical (unpaired) electrons. The molecule has 1 N–H and O–H groups in total. The van der Waals surface area contributed by atoms with E-state index in [9.17, 15) is 4.79 Å². The minimum absolute atomic E-state index is 0.161. The molecule has 0 aliphatic rings. The normalized spacial score (nSPS) is 12.0. The number of nitrogens with zero attached hydrogens (tertiary/aromatic N) is 1. The number of rotatable bonds is 6. The van der Waals surface area contributed by atoms with Crippen molar-refractivity contribution < 1.29 is 9.53 Å². The average molecular weight is 347 g/mol. The second-order valence-corrected chi connectivity index (χ2v) is 6.33. The molecule has 4 nitrogen and oxygen atoms in total. The van der Waals surface area contributed by atoms with Gasteiger partial charge < -0.3 is 9.64 Å². The zero-order valence-corrected chi connectivity index (χ0v) is 15.0. The van der Waals surface area contributed by atoms with Crippen LogP contribution in [0.15, 0.2) is 48.5 Å². The highest BCUT2D eigenvalue weighted by Crippen LogP contribution is 2.23. The predicted octanol–water partition coefficient (Wildman–Crippen LogP) is 4.89. The Labute approximate surface area is 148 Å². The first-order chi connectivity index (χ1) is 11.5. The lowest BCUT2D eigenvalue weighted by molar-refractivity contribution is 0.145. The van der Waals surface area contributed by atoms with E-state index in [1.807, 2.05) is 69.6 Å². The SMILES string of the molecule is Cc1ccccc1NC(=O)OCCC(c1ccc(Cl)cc1)N(C)C. The Morgan fingerprint density at radius 3 is 2.46 bits per heavy atom. The highest BCUT2D eigenvalue weighted by molar-refractivity contribution is 6.30. The summed E-state index contributed by atoms with van der Waals surface area (Å²) in [4.78, 5) is 14.0. The highest BCUT2D eigenvalue weighted by Gasteiger charge is 2.15. The summed E-state index contributed by atoms with van der Waals surface area (Å²) >= 11 is 5.94. The maximum atomic E-state index is 11.9. The van der Waals surface area contributed by atoms with Gasteiger partial charge in [-0.05, 0) is 50.3 Å². The van der Waals surface area contributed by atoms with Crippen LogP contribution in [0.2, 0.25) is 5.02 Å². The summed E-state index contributed by atoms with van der Waals surface area (Å²) in [5.41, 5.74) is 2.92. The first-order valence-corrected chi connectivity index (χ1v) is 8.26. The summed E-state index contributed by atoms with van der Waals surface area (Å²) in [6.07, 6.45) is 0.272. The lowest BCUT2D eigenvalue weighted by Crippen LogP contribution is -2.23. The maximum Gasteiger partial charge on any atom is 0.411 e. The number of halogens is 1. The Balaban J connectivity index is 1.87. The molecule has 0 spiro atoms. The number of aryl methyl sites for hydroxylation is 1. The number of hydrogen-bond acceptors (Lipinski definition) is 3. The van der Waals surface area contributed by atoms with Crippen molar-refractivity contribution in [2.75, 3.05) is 26.0 Å². The van der Waals surface area contributed by atoms with Crippen LogP contribution >= 0.6 is 11.6 Å². The van der Waals surface area contributed by atoms with Crippen LogP contribution in [0.3, 0.4) is 0 Å². The van der Waals surface area contributed by atoms with Gasteiger partial charge in [0, 0.05) is 23.2 Å². The smallest absolute Gasteiger partial charge is 0.411 e. The second-order valence-electron chi connectivity index (χ2n) is 5.90. The monoisotopic (exact) mass is 346 g/mol. The minimum atomic E-state index is -0.432. The number of carbonyl (C=O) groups is 1. The third-order valence-corrected chi connectivity index (χ3v) is 4.14. The van der Waals surface area contributed by atoms with E-state index < -0.39 is 6.09 Å². The number of carbonyl (C=O) groups excluding carboxylic acids is 1. The molecule has 24 heavy (non-hydrogen) atoms. The van der Waals surface area contributed by atoms with E-state index in [0.29, 0.717) is 18.1 Å². The predicted molar refractivity (Wildman–Crippen MR) is 98.6 cm³/mol. The van der Waals surface area contributed by atoms with Crippen LogP contribution in [-0.2, 0) is 4.74 Å². The van der Waals surface area contributed by atoms with Crippen LogP contribution in [0.1, 0.15) is 23.6 Å². The molecule has 1 unspecified atom stereocenters. The van der Waals surface area contributed by atoms with Gasteiger partial charge in [-0.1, -0.05) is 41.9 Å². The summed E-state index contributed by atoms with van der Waals surface area (Å²) < 4.78 is 5.32. The van der Waals surface area contributed by atoms with E-state index >= 15 is 0 Å². The van der Waals surface area contributed by atoms with Crippen molar-refractivity contribution in [1.29, 1.82) is 0 Å². The van der Waals surface area contributed by atoms with Crippen molar-refractivity contribution in [1.82, 2.24) is 4.90 Å². The number of anilines is 1. The number of nitrogens with one attached hydrogen (secondary N) is 1. The molecule has 128 valence electrons. The molecule has 2 aromatic carbocycles. The van der Waals surface area contributed by atoms with Crippen molar-refractivity contribution in [3.8, 4) is 0 Å². The molecule has 0 aromatic heterocycles. The van der Waals surface area contributed by atoms with Gasteiger partial charge in [-0.2, -0.15) is 0 Å². The molecule has 5 heteroatoms. The number of hydrogen-bond donors (Lipinski definition) is 1. The largest absolute Gasteiger partial charge is 0.449 e. The first kappa shape index (κ1) is 18.3. The number of ether oxygens (including phenoxy) is 1. The molecule has 0 saturated carbocycles. The Morgan fingerprint density at radius 1 is 1.17 bits per heavy atom. The zero-order valence-electron chi connectivity index (χ0n) is 14.3. The van der Waals surface area contributed by atoms with Gasteiger partial charge >= 0.3 is 6.09 Å². The van der Waals surface area contributed by atoms with E-state index in [1.165, 1.54) is 0 Å². The third kappa shape index (κ3) is 5.25. The number of amides is 1. The van der Waals surface area contributed by atoms with Crippen molar-refractivity contribution >= 4 is 23.4 Å². The molecule has 0 saturated heterocycles. The molecule has 0 fully saturated rings. The molecule has 2 aromatic rings. The molecule has 0 aliphatic carbocycles. The molecular formula is C19H23ClN2O2. The van der Waals surface area contributed by atoms with Gasteiger partial charge in [-0.25, -0.2) is 4.79 Å². The fraction of sp³-hybridized carbons (Fsp3) is 0.316. The third-order valence-electron chi connectivity index (χ3n) is 3.88. The van der Waals surface area contributed by atoms with Crippen LogP contribution in [0, 0.1) is 6.92 Å². The summed E-state index contributed by atoms with van der Waals surface area (Å²) in [5.74, 6) is 0. The van der Waals surface area contributed by atoms with Gasteiger partial charge in [-0.15, -0.1) is 0 Å².